The number of anilines is 1. The van der Waals surface area contributed by atoms with Crippen molar-refractivity contribution in [1.82, 2.24) is 0 Å². The number of hydrogen-bond acceptors (Lipinski definition) is 3. The van der Waals surface area contributed by atoms with Gasteiger partial charge < -0.3 is 4.90 Å². The third-order valence-electron chi connectivity index (χ3n) is 3.83. The van der Waals surface area contributed by atoms with E-state index in [2.05, 4.69) is 35.2 Å². The van der Waals surface area contributed by atoms with Crippen LogP contribution >= 0.6 is 0 Å². The van der Waals surface area contributed by atoms with Crippen LogP contribution in [-0.2, 0) is 0 Å². The van der Waals surface area contributed by atoms with Crippen molar-refractivity contribution in [1.29, 1.82) is 5.26 Å². The van der Waals surface area contributed by atoms with Crippen molar-refractivity contribution in [3.8, 4) is 6.07 Å². The Bertz CT molecular complexity index is 872. The number of allylic oxidation sites excluding steroid dienone is 3. The number of rotatable bonds is 5. The fraction of sp³-hybridized carbons (Fsp3) is 0.250. The van der Waals surface area contributed by atoms with Gasteiger partial charge in [-0.15, -0.1) is 0 Å². The van der Waals surface area contributed by atoms with Gasteiger partial charge in [0.05, 0.1) is 16.8 Å². The first kappa shape index (κ1) is 20.2. The highest BCUT2D eigenvalue weighted by Crippen LogP contribution is 2.17. The number of nitrogens with zero attached hydrogens (tertiary/aromatic N) is 3. The molecule has 0 radical (unpaired) electrons. The van der Waals surface area contributed by atoms with Gasteiger partial charge in [-0.2, -0.15) is 5.26 Å². The molecule has 0 aliphatic carbocycles. The maximum absolute atomic E-state index is 9.71. The quantitative estimate of drug-likeness (QED) is 0.402. The van der Waals surface area contributed by atoms with E-state index in [1.807, 2.05) is 83.4 Å². The molecule has 0 N–H and O–H groups in total. The zero-order chi connectivity index (χ0) is 19.9. The van der Waals surface area contributed by atoms with E-state index < -0.39 is 0 Å². The fourth-order valence-electron chi connectivity index (χ4n) is 2.52. The molecule has 0 saturated carbocycles. The van der Waals surface area contributed by atoms with Crippen LogP contribution in [0.25, 0.3) is 6.08 Å². The lowest BCUT2D eigenvalue weighted by Crippen LogP contribution is -2.16. The van der Waals surface area contributed by atoms with E-state index in [1.165, 1.54) is 0 Å². The van der Waals surface area contributed by atoms with Gasteiger partial charge in [-0.3, -0.25) is 4.99 Å². The van der Waals surface area contributed by atoms with Crippen LogP contribution in [0, 0.1) is 11.3 Å². The first-order valence-electron chi connectivity index (χ1n) is 9.01. The molecule has 138 valence electrons. The molecule has 0 unspecified atom stereocenters. The third-order valence-corrected chi connectivity index (χ3v) is 3.83. The lowest BCUT2D eigenvalue weighted by atomic mass is 10.0. The SMILES string of the molecule is CN(C)c1ccc(/C=C/C=C(\C#N)C(=NC(C)(C)C)c2ccccc2)cc1. The minimum Gasteiger partial charge on any atom is -0.378 e. The van der Waals surface area contributed by atoms with E-state index in [4.69, 9.17) is 4.99 Å². The summed E-state index contributed by atoms with van der Waals surface area (Å²) in [5.41, 5.74) is 4.19. The second-order valence-electron chi connectivity index (χ2n) is 7.53. The highest BCUT2D eigenvalue weighted by atomic mass is 15.1. The van der Waals surface area contributed by atoms with Crippen molar-refractivity contribution in [3.63, 3.8) is 0 Å². The summed E-state index contributed by atoms with van der Waals surface area (Å²) in [6, 6.07) is 20.4. The molecule has 0 atom stereocenters. The first-order chi connectivity index (χ1) is 12.8. The minimum absolute atomic E-state index is 0.271. The van der Waals surface area contributed by atoms with Gasteiger partial charge in [-0.1, -0.05) is 54.6 Å². The topological polar surface area (TPSA) is 39.4 Å². The van der Waals surface area contributed by atoms with Crippen molar-refractivity contribution in [3.05, 3.63) is 83.4 Å². The summed E-state index contributed by atoms with van der Waals surface area (Å²) in [5.74, 6) is 0. The predicted octanol–water partition coefficient (Wildman–Crippen LogP) is 5.50. The van der Waals surface area contributed by atoms with E-state index >= 15 is 0 Å². The van der Waals surface area contributed by atoms with Crippen molar-refractivity contribution < 1.29 is 0 Å². The first-order valence-corrected chi connectivity index (χ1v) is 9.01. The van der Waals surface area contributed by atoms with Gasteiger partial charge in [-0.25, -0.2) is 0 Å². The molecule has 0 heterocycles. The lowest BCUT2D eigenvalue weighted by molar-refractivity contribution is 0.584. The zero-order valence-corrected chi connectivity index (χ0v) is 16.8. The van der Waals surface area contributed by atoms with E-state index in [1.54, 1.807) is 0 Å². The molecule has 0 bridgehead atoms. The molecular weight excluding hydrogens is 330 g/mol. The normalized spacial score (nSPS) is 12.9. The molecule has 2 aromatic rings. The van der Waals surface area contributed by atoms with E-state index in [0.29, 0.717) is 5.57 Å². The minimum atomic E-state index is -0.271. The zero-order valence-electron chi connectivity index (χ0n) is 16.8. The summed E-state index contributed by atoms with van der Waals surface area (Å²) in [5, 5.41) is 9.71. The maximum Gasteiger partial charge on any atom is 0.101 e. The summed E-state index contributed by atoms with van der Waals surface area (Å²) < 4.78 is 0. The van der Waals surface area contributed by atoms with Gasteiger partial charge in [0.15, 0.2) is 0 Å². The van der Waals surface area contributed by atoms with Crippen molar-refractivity contribution >= 4 is 17.5 Å². The molecule has 2 rings (SSSR count). The molecule has 0 aliphatic heterocycles. The Labute approximate surface area is 163 Å². The molecule has 0 fully saturated rings. The van der Waals surface area contributed by atoms with E-state index in [9.17, 15) is 5.26 Å². The molecule has 27 heavy (non-hydrogen) atoms. The Morgan fingerprint density at radius 2 is 1.63 bits per heavy atom. The Hall–Kier alpha value is -3.12. The molecule has 3 heteroatoms. The Morgan fingerprint density at radius 1 is 1.00 bits per heavy atom. The van der Waals surface area contributed by atoms with Gasteiger partial charge in [0.2, 0.25) is 0 Å². The molecule has 0 aromatic heterocycles. The van der Waals surface area contributed by atoms with Crippen LogP contribution in [0.2, 0.25) is 0 Å². The molecule has 2 aromatic carbocycles. The maximum atomic E-state index is 9.71. The van der Waals surface area contributed by atoms with Gasteiger partial charge in [-0.05, 0) is 44.5 Å². The van der Waals surface area contributed by atoms with E-state index in [-0.39, 0.29) is 5.54 Å². The smallest absolute Gasteiger partial charge is 0.101 e. The van der Waals surface area contributed by atoms with Crippen LogP contribution < -0.4 is 4.90 Å². The number of hydrogen-bond donors (Lipinski definition) is 0. The molecule has 0 spiro atoms. The van der Waals surface area contributed by atoms with Crippen LogP contribution in [0.4, 0.5) is 5.69 Å². The van der Waals surface area contributed by atoms with Crippen LogP contribution in [0.15, 0.2) is 77.3 Å². The number of nitriles is 1. The third kappa shape index (κ3) is 6.27. The van der Waals surface area contributed by atoms with Gasteiger partial charge in [0.1, 0.15) is 6.07 Å². The monoisotopic (exact) mass is 357 g/mol. The van der Waals surface area contributed by atoms with Crippen LogP contribution in [0.3, 0.4) is 0 Å². The lowest BCUT2D eigenvalue weighted by Gasteiger charge is -2.16. The Balaban J connectivity index is 2.33. The van der Waals surface area contributed by atoms with E-state index in [0.717, 1.165) is 22.5 Å². The molecule has 0 aliphatic rings. The molecule has 0 amide bonds. The van der Waals surface area contributed by atoms with Gasteiger partial charge in [0.25, 0.3) is 0 Å². The molecule has 0 saturated heterocycles. The standard InChI is InChI=1S/C24H27N3/c1-24(2,3)26-23(20-11-7-6-8-12-20)21(18-25)13-9-10-19-14-16-22(17-15-19)27(4)5/h6-17H,1-5H3/b10-9+,21-13+,26-23?. The van der Waals surface area contributed by atoms with Crippen LogP contribution in [-0.4, -0.2) is 25.3 Å². The Kier molecular flexibility index (Phi) is 6.73. The second-order valence-corrected chi connectivity index (χ2v) is 7.53. The van der Waals surface area contributed by atoms with Crippen molar-refractivity contribution in [2.45, 2.75) is 26.3 Å². The summed E-state index contributed by atoms with van der Waals surface area (Å²) in [6.45, 7) is 6.10. The highest BCUT2D eigenvalue weighted by Gasteiger charge is 2.14. The average Bonchev–Trinajstić information content (AvgIpc) is 2.64. The highest BCUT2D eigenvalue weighted by molar-refractivity contribution is 6.15. The number of benzene rings is 2. The van der Waals surface area contributed by atoms with Crippen molar-refractivity contribution in [2.24, 2.45) is 4.99 Å². The summed E-state index contributed by atoms with van der Waals surface area (Å²) in [4.78, 5) is 6.86. The average molecular weight is 358 g/mol. The predicted molar refractivity (Wildman–Crippen MR) is 116 cm³/mol. The molecular formula is C24H27N3. The Morgan fingerprint density at radius 3 is 2.15 bits per heavy atom. The molecule has 3 nitrogen and oxygen atoms in total. The van der Waals surface area contributed by atoms with Crippen LogP contribution in [0.1, 0.15) is 31.9 Å². The van der Waals surface area contributed by atoms with Gasteiger partial charge in [0, 0.05) is 25.3 Å². The summed E-state index contributed by atoms with van der Waals surface area (Å²) in [7, 11) is 4.04. The second kappa shape index (κ2) is 9.00. The fourth-order valence-corrected chi connectivity index (χ4v) is 2.52. The summed E-state index contributed by atoms with van der Waals surface area (Å²) in [6.07, 6.45) is 5.73. The van der Waals surface area contributed by atoms with Crippen molar-refractivity contribution in [2.75, 3.05) is 19.0 Å². The van der Waals surface area contributed by atoms with Gasteiger partial charge >= 0.3 is 0 Å². The largest absolute Gasteiger partial charge is 0.378 e. The summed E-state index contributed by atoms with van der Waals surface area (Å²) >= 11 is 0. The van der Waals surface area contributed by atoms with Crippen LogP contribution in [0.5, 0.6) is 0 Å². The number of aliphatic imine (C=N–C) groups is 1.